The first-order chi connectivity index (χ1) is 18.2. The molecule has 38 heavy (non-hydrogen) atoms. The molecule has 0 atom stereocenters. The van der Waals surface area contributed by atoms with Crippen molar-refractivity contribution in [3.05, 3.63) is 82.4 Å². The van der Waals surface area contributed by atoms with Gasteiger partial charge in [0.25, 0.3) is 5.91 Å². The Hall–Kier alpha value is -4.33. The van der Waals surface area contributed by atoms with Gasteiger partial charge in [-0.25, -0.2) is 4.79 Å². The molecule has 5 N–H and O–H groups in total. The Morgan fingerprint density at radius 2 is 1.84 bits per heavy atom. The number of nitrogens with zero attached hydrogens (tertiary/aromatic N) is 1. The van der Waals surface area contributed by atoms with Crippen LogP contribution in [0.5, 0.6) is 5.75 Å². The molecule has 0 bridgehead atoms. The van der Waals surface area contributed by atoms with Crippen LogP contribution in [-0.2, 0) is 13.0 Å². The van der Waals surface area contributed by atoms with Gasteiger partial charge in [-0.15, -0.1) is 0 Å². The maximum atomic E-state index is 12.9. The Kier molecular flexibility index (Phi) is 8.00. The summed E-state index contributed by atoms with van der Waals surface area (Å²) >= 11 is 0. The van der Waals surface area contributed by atoms with Crippen LogP contribution in [0.4, 0.5) is 5.69 Å². The van der Waals surface area contributed by atoms with Gasteiger partial charge in [0, 0.05) is 36.4 Å². The molecule has 0 aliphatic carbocycles. The molecule has 0 radical (unpaired) electrons. The van der Waals surface area contributed by atoms with Crippen molar-refractivity contribution >= 4 is 23.4 Å². The number of nitrogens with one attached hydrogen (secondary N) is 2. The van der Waals surface area contributed by atoms with E-state index in [1.807, 2.05) is 24.3 Å². The molecule has 1 aliphatic rings. The molecule has 8 heteroatoms. The highest BCUT2D eigenvalue weighted by atomic mass is 16.5. The van der Waals surface area contributed by atoms with Gasteiger partial charge in [0.2, 0.25) is 0 Å². The van der Waals surface area contributed by atoms with E-state index in [4.69, 9.17) is 15.9 Å². The van der Waals surface area contributed by atoms with Gasteiger partial charge in [-0.05, 0) is 89.5 Å². The van der Waals surface area contributed by atoms with Gasteiger partial charge in [-0.3, -0.25) is 10.2 Å². The number of nitrogen functional groups attached to an aromatic ring is 1. The molecule has 0 saturated heterocycles. The Morgan fingerprint density at radius 3 is 2.53 bits per heavy atom. The van der Waals surface area contributed by atoms with E-state index in [9.17, 15) is 14.7 Å². The minimum atomic E-state index is -1.07. The van der Waals surface area contributed by atoms with E-state index in [0.717, 1.165) is 36.2 Å². The number of hydrogen-bond acceptors (Lipinski definition) is 5. The third kappa shape index (κ3) is 5.80. The van der Waals surface area contributed by atoms with Gasteiger partial charge < -0.3 is 25.8 Å². The quantitative estimate of drug-likeness (QED) is 0.230. The number of aromatic carboxylic acids is 1. The number of ether oxygens (including phenoxy) is 1. The number of benzene rings is 3. The van der Waals surface area contributed by atoms with E-state index in [-0.39, 0.29) is 17.3 Å². The maximum Gasteiger partial charge on any atom is 0.336 e. The Bertz CT molecular complexity index is 1380. The van der Waals surface area contributed by atoms with Crippen LogP contribution in [-0.4, -0.2) is 43.0 Å². The van der Waals surface area contributed by atoms with Crippen LogP contribution in [0.2, 0.25) is 0 Å². The SMILES string of the molecule is COc1ccc(-c2cc(C(=O)NCCC(C)C)ccc2CN2CCc3cc(C(=N)N)ccc32)c(C(=O)O)c1. The van der Waals surface area contributed by atoms with E-state index < -0.39 is 5.97 Å². The van der Waals surface area contributed by atoms with Crippen molar-refractivity contribution in [1.29, 1.82) is 5.41 Å². The normalized spacial score (nSPS) is 12.4. The van der Waals surface area contributed by atoms with Crippen LogP contribution in [0.25, 0.3) is 11.1 Å². The van der Waals surface area contributed by atoms with Crippen molar-refractivity contribution in [2.45, 2.75) is 33.2 Å². The summed E-state index contributed by atoms with van der Waals surface area (Å²) in [6.45, 7) is 6.09. The average Bonchev–Trinajstić information content (AvgIpc) is 3.30. The molecule has 0 unspecified atom stereocenters. The monoisotopic (exact) mass is 514 g/mol. The molecule has 198 valence electrons. The predicted octanol–water partition coefficient (Wildman–Crippen LogP) is 4.68. The molecule has 4 rings (SSSR count). The van der Waals surface area contributed by atoms with Crippen LogP contribution < -0.4 is 20.7 Å². The summed E-state index contributed by atoms with van der Waals surface area (Å²) in [4.78, 5) is 27.4. The van der Waals surface area contributed by atoms with Crippen LogP contribution in [0, 0.1) is 11.3 Å². The van der Waals surface area contributed by atoms with E-state index in [0.29, 0.717) is 47.0 Å². The highest BCUT2D eigenvalue weighted by Crippen LogP contribution is 2.35. The first-order valence-electron chi connectivity index (χ1n) is 12.7. The molecular weight excluding hydrogens is 480 g/mol. The second-order valence-corrected chi connectivity index (χ2v) is 9.96. The summed E-state index contributed by atoms with van der Waals surface area (Å²) in [5.41, 5.74) is 11.3. The summed E-state index contributed by atoms with van der Waals surface area (Å²) in [7, 11) is 1.50. The van der Waals surface area contributed by atoms with E-state index >= 15 is 0 Å². The number of rotatable bonds is 10. The Labute approximate surface area is 222 Å². The summed E-state index contributed by atoms with van der Waals surface area (Å²) in [6, 6.07) is 16.2. The molecule has 0 fully saturated rings. The topological polar surface area (TPSA) is 129 Å². The summed E-state index contributed by atoms with van der Waals surface area (Å²) < 4.78 is 5.27. The number of amidine groups is 1. The fourth-order valence-electron chi connectivity index (χ4n) is 4.75. The third-order valence-corrected chi connectivity index (χ3v) is 6.87. The van der Waals surface area contributed by atoms with Crippen molar-refractivity contribution in [3.8, 4) is 16.9 Å². The second kappa shape index (κ2) is 11.4. The van der Waals surface area contributed by atoms with Gasteiger partial charge in [0.1, 0.15) is 11.6 Å². The number of carboxylic acids is 1. The van der Waals surface area contributed by atoms with Gasteiger partial charge in [0.05, 0.1) is 12.7 Å². The molecule has 0 aromatic heterocycles. The zero-order valence-electron chi connectivity index (χ0n) is 22.0. The number of methoxy groups -OCH3 is 1. The van der Waals surface area contributed by atoms with E-state index in [1.165, 1.54) is 13.2 Å². The molecule has 0 spiro atoms. The van der Waals surface area contributed by atoms with Crippen LogP contribution in [0.3, 0.4) is 0 Å². The lowest BCUT2D eigenvalue weighted by molar-refractivity contribution is 0.0697. The molecule has 1 heterocycles. The number of nitrogens with two attached hydrogens (primary N) is 1. The lowest BCUT2D eigenvalue weighted by Crippen LogP contribution is -2.25. The van der Waals surface area contributed by atoms with Crippen LogP contribution in [0.1, 0.15) is 57.7 Å². The van der Waals surface area contributed by atoms with Gasteiger partial charge >= 0.3 is 5.97 Å². The fourth-order valence-corrected chi connectivity index (χ4v) is 4.75. The number of carbonyl (C=O) groups excluding carboxylic acids is 1. The van der Waals surface area contributed by atoms with Crippen molar-refractivity contribution < 1.29 is 19.4 Å². The number of hydrogen-bond donors (Lipinski definition) is 4. The fraction of sp³-hybridized carbons (Fsp3) is 0.300. The van der Waals surface area contributed by atoms with Crippen molar-refractivity contribution in [2.75, 3.05) is 25.1 Å². The van der Waals surface area contributed by atoms with Gasteiger partial charge in [-0.2, -0.15) is 0 Å². The average molecular weight is 515 g/mol. The Morgan fingerprint density at radius 1 is 1.08 bits per heavy atom. The number of amides is 1. The highest BCUT2D eigenvalue weighted by Gasteiger charge is 2.23. The molecule has 8 nitrogen and oxygen atoms in total. The summed E-state index contributed by atoms with van der Waals surface area (Å²) in [5, 5.41) is 20.7. The second-order valence-electron chi connectivity index (χ2n) is 9.96. The summed E-state index contributed by atoms with van der Waals surface area (Å²) in [5.74, 6) is -0.297. The number of carbonyl (C=O) groups is 2. The molecule has 0 saturated carbocycles. The van der Waals surface area contributed by atoms with Crippen LogP contribution >= 0.6 is 0 Å². The summed E-state index contributed by atoms with van der Waals surface area (Å²) in [6.07, 6.45) is 1.70. The Balaban J connectivity index is 1.74. The van der Waals surface area contributed by atoms with Crippen molar-refractivity contribution in [1.82, 2.24) is 5.32 Å². The van der Waals surface area contributed by atoms with E-state index in [1.54, 1.807) is 24.3 Å². The molecule has 3 aromatic rings. The minimum absolute atomic E-state index is 0.0384. The first kappa shape index (κ1) is 26.7. The smallest absolute Gasteiger partial charge is 0.336 e. The molecule has 1 amide bonds. The standard InChI is InChI=1S/C30H34N4O4/c1-18(2)10-12-33-29(35)21-4-5-22(17-34-13-11-19-14-20(28(31)32)6-9-27(19)34)25(15-21)24-8-7-23(38-3)16-26(24)30(36)37/h4-9,14-16,18H,10-13,17H2,1-3H3,(H3,31,32)(H,33,35)(H,36,37). The molecule has 1 aliphatic heterocycles. The largest absolute Gasteiger partial charge is 0.497 e. The van der Waals surface area contributed by atoms with E-state index in [2.05, 4.69) is 24.1 Å². The van der Waals surface area contributed by atoms with Gasteiger partial charge in [-0.1, -0.05) is 19.9 Å². The lowest BCUT2D eigenvalue weighted by atomic mass is 9.92. The third-order valence-electron chi connectivity index (χ3n) is 6.87. The maximum absolute atomic E-state index is 12.9. The number of carboxylic acid groups (broad SMARTS) is 1. The van der Waals surface area contributed by atoms with Crippen LogP contribution in [0.15, 0.2) is 54.6 Å². The van der Waals surface area contributed by atoms with Crippen molar-refractivity contribution in [3.63, 3.8) is 0 Å². The highest BCUT2D eigenvalue weighted by molar-refractivity contribution is 6.00. The van der Waals surface area contributed by atoms with Gasteiger partial charge in [0.15, 0.2) is 0 Å². The zero-order chi connectivity index (χ0) is 27.4. The number of fused-ring (bicyclic) bond motifs is 1. The predicted molar refractivity (Wildman–Crippen MR) is 149 cm³/mol. The lowest BCUT2D eigenvalue weighted by Gasteiger charge is -2.23. The molecule has 3 aromatic carbocycles. The number of anilines is 1. The minimum Gasteiger partial charge on any atom is -0.497 e. The zero-order valence-corrected chi connectivity index (χ0v) is 22.0. The first-order valence-corrected chi connectivity index (χ1v) is 12.7. The van der Waals surface area contributed by atoms with Crippen molar-refractivity contribution in [2.24, 2.45) is 11.7 Å². The molecular formula is C30H34N4O4.